The fraction of sp³-hybridized carbons (Fsp3) is 0. The van der Waals surface area contributed by atoms with Gasteiger partial charge in [0.25, 0.3) is 20.1 Å². The fourth-order valence-electron chi connectivity index (χ4n) is 14.5. The van der Waals surface area contributed by atoms with Gasteiger partial charge in [0.1, 0.15) is 34.5 Å². The Balaban J connectivity index is 1.11. The van der Waals surface area contributed by atoms with Crippen LogP contribution in [0.1, 0.15) is 0 Å². The topological polar surface area (TPSA) is 42.5 Å². The monoisotopic (exact) mass is 873 g/mol. The molecular weight excluding hydrogens is 843 g/mol. The van der Waals surface area contributed by atoms with E-state index in [1.165, 1.54) is 126 Å². The second-order valence-electron chi connectivity index (χ2n) is 19.7. The van der Waals surface area contributed by atoms with Crippen LogP contribution in [0.5, 0.6) is 34.5 Å². The molecule has 0 N–H and O–H groups in total. The van der Waals surface area contributed by atoms with Crippen molar-refractivity contribution in [2.24, 2.45) is 0 Å². The number of para-hydroxylation sites is 6. The van der Waals surface area contributed by atoms with Gasteiger partial charge < -0.3 is 27.9 Å². The summed E-state index contributed by atoms with van der Waals surface area (Å²) in [5, 5.41) is 7.44. The molecular formula is C60H30B3N3O3. The summed E-state index contributed by atoms with van der Waals surface area (Å²) in [6.07, 6.45) is 0. The molecule has 0 fully saturated rings. The third kappa shape index (κ3) is 3.72. The van der Waals surface area contributed by atoms with Crippen molar-refractivity contribution in [1.82, 2.24) is 13.7 Å². The first-order valence-electron chi connectivity index (χ1n) is 24.0. The van der Waals surface area contributed by atoms with Crippen molar-refractivity contribution in [1.29, 1.82) is 0 Å². The first kappa shape index (κ1) is 34.5. The van der Waals surface area contributed by atoms with Crippen molar-refractivity contribution in [3.63, 3.8) is 0 Å². The van der Waals surface area contributed by atoms with Crippen LogP contribution in [-0.4, -0.2) is 33.8 Å². The number of benzene rings is 10. The summed E-state index contributed by atoms with van der Waals surface area (Å²) in [7, 11) is 0. The number of fused-ring (bicyclic) bond motifs is 26. The molecule has 0 atom stereocenters. The zero-order chi connectivity index (χ0) is 44.1. The van der Waals surface area contributed by atoms with E-state index in [9.17, 15) is 0 Å². The Morgan fingerprint density at radius 3 is 1.25 bits per heavy atom. The van der Waals surface area contributed by atoms with E-state index in [4.69, 9.17) is 14.2 Å². The number of ether oxygens (including phenoxy) is 3. The van der Waals surface area contributed by atoms with Crippen LogP contribution in [0, 0.1) is 0 Å². The van der Waals surface area contributed by atoms with Crippen LogP contribution in [-0.2, 0) is 0 Å². The summed E-state index contributed by atoms with van der Waals surface area (Å²) >= 11 is 0. The average Bonchev–Trinajstić information content (AvgIpc) is 4.06. The van der Waals surface area contributed by atoms with Crippen LogP contribution in [0.4, 0.5) is 0 Å². The van der Waals surface area contributed by atoms with Gasteiger partial charge in [-0.3, -0.25) is 0 Å². The third-order valence-electron chi connectivity index (χ3n) is 16.8. The maximum Gasteiger partial charge on any atom is 0.256 e. The largest absolute Gasteiger partial charge is 0.458 e. The van der Waals surface area contributed by atoms with E-state index in [0.717, 1.165) is 40.2 Å². The van der Waals surface area contributed by atoms with Crippen LogP contribution < -0.4 is 63.4 Å². The zero-order valence-electron chi connectivity index (χ0n) is 36.6. The Hall–Kier alpha value is -8.81. The van der Waals surface area contributed by atoms with Gasteiger partial charge in [-0.05, 0) is 116 Å². The Morgan fingerprint density at radius 2 is 0.638 bits per heavy atom. The molecule has 13 aromatic rings. The van der Waals surface area contributed by atoms with Crippen LogP contribution in [0.2, 0.25) is 0 Å². The number of nitrogens with zero attached hydrogens (tertiary/aromatic N) is 3. The fourth-order valence-corrected chi connectivity index (χ4v) is 14.5. The lowest BCUT2D eigenvalue weighted by Gasteiger charge is -2.33. The number of aromatic nitrogens is 3. The van der Waals surface area contributed by atoms with E-state index < -0.39 is 0 Å². The van der Waals surface area contributed by atoms with Gasteiger partial charge in [0, 0.05) is 54.9 Å². The minimum atomic E-state index is -0.00133. The van der Waals surface area contributed by atoms with Gasteiger partial charge in [0.05, 0.1) is 27.6 Å². The molecule has 6 nitrogen and oxygen atoms in total. The summed E-state index contributed by atoms with van der Waals surface area (Å²) in [6, 6.07) is 67.0. The van der Waals surface area contributed by atoms with Gasteiger partial charge in [-0.1, -0.05) is 115 Å². The second-order valence-corrected chi connectivity index (χ2v) is 19.7. The van der Waals surface area contributed by atoms with Crippen molar-refractivity contribution in [3.05, 3.63) is 182 Å². The van der Waals surface area contributed by atoms with E-state index in [1.807, 2.05) is 0 Å². The maximum atomic E-state index is 6.95. The highest BCUT2D eigenvalue weighted by Crippen LogP contribution is 2.52. The van der Waals surface area contributed by atoms with Crippen molar-refractivity contribution in [2.75, 3.05) is 0 Å². The lowest BCUT2D eigenvalue weighted by molar-refractivity contribution is 0.487. The standard InChI is InChI=1S/C60H30B3N3O3/c1-6-20-40-34(14-1)61-36-16-3-8-23-43(36)68-47-29-27-32-49-50-31-13-11-19-39-55(31)66(42-22-12-26-46-52(42)63(39)38-18-5-10-25-45(38)67-46)59(50)60-51(58(49)64(40)56(32)53(47)61)33-28-30-48-54-57(33)65(60)41-21-7-2-15-35(41)62(54)37-17-4-9-24-44(37)69-48/h1-30H. The van der Waals surface area contributed by atoms with Gasteiger partial charge in [-0.15, -0.1) is 0 Å². The van der Waals surface area contributed by atoms with Crippen molar-refractivity contribution in [3.8, 4) is 51.6 Å². The maximum absolute atomic E-state index is 6.95. The Morgan fingerprint density at radius 1 is 0.246 bits per heavy atom. The van der Waals surface area contributed by atoms with E-state index in [2.05, 4.69) is 196 Å². The molecule has 3 aromatic heterocycles. The molecule has 0 saturated heterocycles. The molecule has 0 unspecified atom stereocenters. The summed E-state index contributed by atoms with van der Waals surface area (Å²) in [4.78, 5) is 0. The van der Waals surface area contributed by atoms with Crippen molar-refractivity contribution < 1.29 is 14.2 Å². The molecule has 69 heavy (non-hydrogen) atoms. The average molecular weight is 873 g/mol. The van der Waals surface area contributed by atoms with Gasteiger partial charge in [-0.25, -0.2) is 0 Å². The number of hydrogen-bond donors (Lipinski definition) is 0. The molecule has 9 heteroatoms. The Bertz CT molecular complexity index is 4700. The molecule has 0 bridgehead atoms. The molecule has 10 aromatic carbocycles. The van der Waals surface area contributed by atoms with Crippen LogP contribution in [0.3, 0.4) is 0 Å². The molecule has 0 radical (unpaired) electrons. The van der Waals surface area contributed by atoms with Gasteiger partial charge in [0.15, 0.2) is 0 Å². The predicted octanol–water partition coefficient (Wildman–Crippen LogP) is 7.78. The molecule has 312 valence electrons. The van der Waals surface area contributed by atoms with E-state index in [0.29, 0.717) is 0 Å². The minimum Gasteiger partial charge on any atom is -0.458 e. The third-order valence-corrected chi connectivity index (χ3v) is 16.8. The summed E-state index contributed by atoms with van der Waals surface area (Å²) < 4.78 is 28.6. The molecule has 6 aliphatic heterocycles. The molecule has 9 heterocycles. The predicted molar refractivity (Wildman–Crippen MR) is 283 cm³/mol. The highest BCUT2D eigenvalue weighted by Gasteiger charge is 2.46. The molecule has 0 amide bonds. The molecule has 19 rings (SSSR count). The van der Waals surface area contributed by atoms with E-state index in [1.54, 1.807) is 0 Å². The summed E-state index contributed by atoms with van der Waals surface area (Å²) in [5.74, 6) is 5.51. The van der Waals surface area contributed by atoms with Crippen LogP contribution in [0.25, 0.3) is 82.5 Å². The SMILES string of the molecule is c1ccc2c(c1)Oc1ccc3c4c5c6cccc7c6n(c5c5c(c6ccc8c9c6n5-c5ccccc5B9c5ccccc5O8)c4n4c3c1B2c1ccccc1-4)-c1cccc2c1B7c1ccccc1O2. The molecule has 0 saturated carbocycles. The molecule has 6 aliphatic rings. The van der Waals surface area contributed by atoms with Gasteiger partial charge in [-0.2, -0.15) is 0 Å². The summed E-state index contributed by atoms with van der Waals surface area (Å²) in [5.41, 5.74) is 21.9. The van der Waals surface area contributed by atoms with Crippen molar-refractivity contribution in [2.45, 2.75) is 0 Å². The summed E-state index contributed by atoms with van der Waals surface area (Å²) in [6.45, 7) is 0.0117. The minimum absolute atomic E-state index is 0.00133. The highest BCUT2D eigenvalue weighted by molar-refractivity contribution is 7.01. The first-order chi connectivity index (χ1) is 34.3. The lowest BCUT2D eigenvalue weighted by Crippen LogP contribution is -2.58. The smallest absolute Gasteiger partial charge is 0.256 e. The van der Waals surface area contributed by atoms with E-state index >= 15 is 0 Å². The second kappa shape index (κ2) is 11.5. The normalized spacial score (nSPS) is 14.3. The number of rotatable bonds is 0. The van der Waals surface area contributed by atoms with Crippen LogP contribution >= 0.6 is 0 Å². The molecule has 0 aliphatic carbocycles. The molecule has 0 spiro atoms. The Labute approximate surface area is 394 Å². The van der Waals surface area contributed by atoms with Gasteiger partial charge in [0.2, 0.25) is 0 Å². The quantitative estimate of drug-likeness (QED) is 0.146. The lowest BCUT2D eigenvalue weighted by atomic mass is 9.34. The zero-order valence-corrected chi connectivity index (χ0v) is 36.6. The Kier molecular flexibility index (Phi) is 5.74. The first-order valence-corrected chi connectivity index (χ1v) is 24.0. The van der Waals surface area contributed by atoms with Gasteiger partial charge >= 0.3 is 0 Å². The number of hydrogen-bond acceptors (Lipinski definition) is 3. The van der Waals surface area contributed by atoms with Crippen LogP contribution in [0.15, 0.2) is 182 Å². The van der Waals surface area contributed by atoms with Crippen molar-refractivity contribution >= 4 is 135 Å². The van der Waals surface area contributed by atoms with E-state index in [-0.39, 0.29) is 20.1 Å². The highest BCUT2D eigenvalue weighted by atomic mass is 16.5.